The minimum atomic E-state index is -3.55. The summed E-state index contributed by atoms with van der Waals surface area (Å²) in [5.74, 6) is 0. The molecule has 0 aliphatic heterocycles. The van der Waals surface area contributed by atoms with Crippen LogP contribution in [0.25, 0.3) is 0 Å². The predicted molar refractivity (Wildman–Crippen MR) is 63.6 cm³/mol. The van der Waals surface area contributed by atoms with E-state index in [-0.39, 0.29) is 37.6 Å². The van der Waals surface area contributed by atoms with Crippen LogP contribution in [0, 0.1) is 12.1 Å². The van der Waals surface area contributed by atoms with Gasteiger partial charge in [0.05, 0.1) is 0 Å². The van der Waals surface area contributed by atoms with Gasteiger partial charge in [-0.25, -0.2) is 8.42 Å². The molecule has 0 fully saturated rings. The Labute approximate surface area is 131 Å². The number of hydrogen-bond acceptors (Lipinski definition) is 2. The number of hydrogen-bond donors (Lipinski definition) is 0. The second kappa shape index (κ2) is 8.81. The van der Waals surface area contributed by atoms with Gasteiger partial charge in [0.15, 0.2) is 0 Å². The summed E-state index contributed by atoms with van der Waals surface area (Å²) in [6.07, 6.45) is 0. The van der Waals surface area contributed by atoms with Crippen molar-refractivity contribution in [2.24, 2.45) is 0 Å². The maximum Gasteiger partial charge on any atom is 0.238 e. The topological polar surface area (TPSA) is 34.1 Å². The van der Waals surface area contributed by atoms with Crippen LogP contribution >= 0.6 is 10.7 Å². The van der Waals surface area contributed by atoms with Crippen LogP contribution in [0.1, 0.15) is 0 Å². The van der Waals surface area contributed by atoms with E-state index in [0.29, 0.717) is 0 Å². The van der Waals surface area contributed by atoms with Gasteiger partial charge in [0.2, 0.25) is 9.05 Å². The van der Waals surface area contributed by atoms with Crippen molar-refractivity contribution in [3.63, 3.8) is 0 Å². The average Bonchev–Trinajstić information content (AvgIpc) is 2.32. The third kappa shape index (κ3) is 7.66. The van der Waals surface area contributed by atoms with Gasteiger partial charge in [-0.3, -0.25) is 0 Å². The monoisotopic (exact) mass is 341 g/mol. The third-order valence-corrected chi connectivity index (χ3v) is 2.95. The van der Waals surface area contributed by atoms with E-state index in [1.54, 1.807) is 0 Å². The Bertz CT molecular complexity index is 474. The summed E-state index contributed by atoms with van der Waals surface area (Å²) >= 11 is 0. The second-order valence-electron chi connectivity index (χ2n) is 2.75. The summed E-state index contributed by atoms with van der Waals surface area (Å²) < 4.78 is 21.2. The third-order valence-electron chi connectivity index (χ3n) is 1.58. The van der Waals surface area contributed by atoms with E-state index in [1.165, 1.54) is 24.3 Å². The van der Waals surface area contributed by atoms with Gasteiger partial charge < -0.3 is 0 Å². The summed E-state index contributed by atoms with van der Waals surface area (Å²) in [4.78, 5) is 0.105. The van der Waals surface area contributed by atoms with Crippen molar-refractivity contribution >= 4 is 19.7 Å². The molecule has 0 saturated carbocycles. The van der Waals surface area contributed by atoms with Gasteiger partial charge in [0.25, 0.3) is 0 Å². The number of halogens is 1. The molecule has 2 rings (SSSR count). The van der Waals surface area contributed by atoms with Crippen molar-refractivity contribution in [2.75, 3.05) is 0 Å². The van der Waals surface area contributed by atoms with Gasteiger partial charge in [-0.15, -0.1) is 0 Å². The minimum absolute atomic E-state index is 0. The fraction of sp³-hybridized carbons (Fsp3) is 0. The molecule has 17 heavy (non-hydrogen) atoms. The SMILES string of the molecule is O=S(=O)(Cl)c1cc[c-]cc1.[Y].[c-]1ccccc1. The summed E-state index contributed by atoms with van der Waals surface area (Å²) in [6.45, 7) is 0. The zero-order valence-electron chi connectivity index (χ0n) is 8.88. The molecule has 0 amide bonds. The molecule has 1 radical (unpaired) electrons. The van der Waals surface area contributed by atoms with Gasteiger partial charge in [0, 0.05) is 43.4 Å². The molecular formula is C12H9ClO2SY-2. The van der Waals surface area contributed by atoms with E-state index in [9.17, 15) is 8.42 Å². The van der Waals surface area contributed by atoms with E-state index >= 15 is 0 Å². The quantitative estimate of drug-likeness (QED) is 0.590. The Balaban J connectivity index is 0.000000316. The Hall–Kier alpha value is -0.216. The Kier molecular flexibility index (Phi) is 8.70. The van der Waals surface area contributed by atoms with Gasteiger partial charge in [-0.1, -0.05) is 0 Å². The Morgan fingerprint density at radius 1 is 0.882 bits per heavy atom. The summed E-state index contributed by atoms with van der Waals surface area (Å²) in [5.41, 5.74) is 0. The molecule has 0 aliphatic rings. The predicted octanol–water partition coefficient (Wildman–Crippen LogP) is 2.90. The maximum absolute atomic E-state index is 10.6. The molecule has 0 atom stereocenters. The van der Waals surface area contributed by atoms with Crippen LogP contribution in [0.4, 0.5) is 0 Å². The standard InChI is InChI=1S/C6H4ClO2S.C6H5.Y/c7-10(8,9)6-4-2-1-3-5-6;1-2-4-6-5-3-1;/h2-5H;1-5H;/q2*-1;. The molecule has 0 saturated heterocycles. The van der Waals surface area contributed by atoms with Crippen molar-refractivity contribution in [3.8, 4) is 0 Å². The summed E-state index contributed by atoms with van der Waals surface area (Å²) in [6, 6.07) is 21.0. The van der Waals surface area contributed by atoms with Gasteiger partial charge >= 0.3 is 0 Å². The minimum Gasteiger partial charge on any atom is -0.209 e. The number of rotatable bonds is 1. The molecule has 0 aromatic heterocycles. The van der Waals surface area contributed by atoms with E-state index in [0.717, 1.165) is 0 Å². The average molecular weight is 342 g/mol. The van der Waals surface area contributed by atoms with E-state index in [2.05, 4.69) is 12.1 Å². The van der Waals surface area contributed by atoms with Crippen molar-refractivity contribution in [2.45, 2.75) is 4.90 Å². The molecule has 0 bridgehead atoms. The summed E-state index contributed by atoms with van der Waals surface area (Å²) in [7, 11) is 1.47. The normalized spacial score (nSPS) is 9.47. The smallest absolute Gasteiger partial charge is 0.209 e. The van der Waals surface area contributed by atoms with Crippen molar-refractivity contribution in [1.82, 2.24) is 0 Å². The zero-order valence-corrected chi connectivity index (χ0v) is 13.3. The van der Waals surface area contributed by atoms with Crippen LogP contribution in [0.2, 0.25) is 0 Å². The molecule has 0 aliphatic carbocycles. The fourth-order valence-corrected chi connectivity index (χ4v) is 1.65. The van der Waals surface area contributed by atoms with E-state index in [4.69, 9.17) is 10.7 Å². The second-order valence-corrected chi connectivity index (χ2v) is 5.32. The van der Waals surface area contributed by atoms with Crippen LogP contribution in [-0.2, 0) is 41.8 Å². The Morgan fingerprint density at radius 2 is 1.35 bits per heavy atom. The van der Waals surface area contributed by atoms with Crippen molar-refractivity contribution in [3.05, 3.63) is 66.7 Å². The Morgan fingerprint density at radius 3 is 1.59 bits per heavy atom. The van der Waals surface area contributed by atoms with Gasteiger partial charge in [-0.2, -0.15) is 66.7 Å². The van der Waals surface area contributed by atoms with E-state index in [1.807, 2.05) is 30.3 Å². The molecule has 0 unspecified atom stereocenters. The van der Waals surface area contributed by atoms with Crippen LogP contribution in [0.3, 0.4) is 0 Å². The molecule has 5 heteroatoms. The molecule has 0 N–H and O–H groups in total. The molecule has 2 aromatic carbocycles. The first-order chi connectivity index (χ1) is 7.61. The molecule has 0 heterocycles. The molecule has 87 valence electrons. The zero-order chi connectivity index (χ0) is 11.9. The van der Waals surface area contributed by atoms with Gasteiger partial charge in [0.1, 0.15) is 0 Å². The largest absolute Gasteiger partial charge is 0.238 e. The summed E-state index contributed by atoms with van der Waals surface area (Å²) in [5, 5.41) is 0. The first-order valence-corrected chi connectivity index (χ1v) is 6.73. The van der Waals surface area contributed by atoms with Crippen LogP contribution in [-0.4, -0.2) is 8.42 Å². The van der Waals surface area contributed by atoms with Crippen molar-refractivity contribution in [1.29, 1.82) is 0 Å². The first kappa shape index (κ1) is 16.8. The molecule has 2 nitrogen and oxygen atoms in total. The molecule has 2 aromatic rings. The van der Waals surface area contributed by atoms with Crippen molar-refractivity contribution < 1.29 is 41.1 Å². The fourth-order valence-electron chi connectivity index (χ4n) is 0.876. The van der Waals surface area contributed by atoms with E-state index < -0.39 is 9.05 Å². The number of benzene rings is 2. The molecular weight excluding hydrogens is 333 g/mol. The van der Waals surface area contributed by atoms with Crippen LogP contribution in [0.15, 0.2) is 59.5 Å². The van der Waals surface area contributed by atoms with Crippen LogP contribution in [0.5, 0.6) is 0 Å². The first-order valence-electron chi connectivity index (χ1n) is 4.42. The maximum atomic E-state index is 10.6. The van der Waals surface area contributed by atoms with Gasteiger partial charge in [-0.05, 0) is 4.90 Å². The molecule has 0 spiro atoms. The van der Waals surface area contributed by atoms with Crippen LogP contribution < -0.4 is 0 Å².